The molecule has 0 bridgehead atoms. The number of hydrogen-bond donors (Lipinski definition) is 0. The molecule has 0 aliphatic carbocycles. The summed E-state index contributed by atoms with van der Waals surface area (Å²) in [5, 5.41) is 0. The first-order chi connectivity index (χ1) is 9.22. The summed E-state index contributed by atoms with van der Waals surface area (Å²) in [5.74, 6) is 1.08. The van der Waals surface area contributed by atoms with Gasteiger partial charge < -0.3 is 23.7 Å². The molecule has 0 N–H and O–H groups in total. The fourth-order valence-electron chi connectivity index (χ4n) is 1.98. The molecule has 2 aliphatic rings. The molecule has 3 rings (SSSR count). The SMILES string of the molecule is CC(=O)OCC1COC(c2ccc3c(c2)OCO3)O1. The van der Waals surface area contributed by atoms with E-state index in [1.807, 2.05) is 18.2 Å². The van der Waals surface area contributed by atoms with Crippen molar-refractivity contribution in [1.82, 2.24) is 0 Å². The predicted molar refractivity (Wildman–Crippen MR) is 62.8 cm³/mol. The minimum Gasteiger partial charge on any atom is -0.463 e. The van der Waals surface area contributed by atoms with E-state index in [2.05, 4.69) is 0 Å². The van der Waals surface area contributed by atoms with Crippen molar-refractivity contribution in [3.63, 3.8) is 0 Å². The molecule has 1 saturated heterocycles. The van der Waals surface area contributed by atoms with E-state index in [1.165, 1.54) is 6.92 Å². The summed E-state index contributed by atoms with van der Waals surface area (Å²) < 4.78 is 26.6. The second kappa shape index (κ2) is 5.07. The van der Waals surface area contributed by atoms with Gasteiger partial charge >= 0.3 is 5.97 Å². The van der Waals surface area contributed by atoms with Crippen molar-refractivity contribution >= 4 is 5.97 Å². The van der Waals surface area contributed by atoms with Crippen LogP contribution in [0.2, 0.25) is 0 Å². The third-order valence-electron chi connectivity index (χ3n) is 2.89. The maximum atomic E-state index is 10.7. The number of carbonyl (C=O) groups is 1. The molecular formula is C13H14O6. The van der Waals surface area contributed by atoms with Crippen LogP contribution in [0.15, 0.2) is 18.2 Å². The molecule has 0 amide bonds. The Labute approximate surface area is 110 Å². The van der Waals surface area contributed by atoms with Crippen molar-refractivity contribution in [3.8, 4) is 11.5 Å². The van der Waals surface area contributed by atoms with Crippen LogP contribution in [0.25, 0.3) is 0 Å². The van der Waals surface area contributed by atoms with Crippen molar-refractivity contribution in [2.24, 2.45) is 0 Å². The molecule has 0 spiro atoms. The van der Waals surface area contributed by atoms with Gasteiger partial charge in [-0.15, -0.1) is 0 Å². The Hall–Kier alpha value is -1.79. The molecule has 1 fully saturated rings. The standard InChI is InChI=1S/C13H14O6/c1-8(14)15-5-10-6-16-13(19-10)9-2-3-11-12(4-9)18-7-17-11/h2-4,10,13H,5-7H2,1H3. The zero-order valence-electron chi connectivity index (χ0n) is 10.5. The second-order valence-corrected chi connectivity index (χ2v) is 4.34. The molecule has 2 unspecified atom stereocenters. The van der Waals surface area contributed by atoms with Gasteiger partial charge in [0.15, 0.2) is 17.8 Å². The van der Waals surface area contributed by atoms with Crippen LogP contribution in [0.4, 0.5) is 0 Å². The molecule has 19 heavy (non-hydrogen) atoms. The minimum atomic E-state index is -0.463. The highest BCUT2D eigenvalue weighted by Crippen LogP contribution is 2.36. The molecular weight excluding hydrogens is 252 g/mol. The van der Waals surface area contributed by atoms with Gasteiger partial charge in [-0.05, 0) is 18.2 Å². The van der Waals surface area contributed by atoms with Crippen LogP contribution in [-0.2, 0) is 19.0 Å². The summed E-state index contributed by atoms with van der Waals surface area (Å²) >= 11 is 0. The van der Waals surface area contributed by atoms with Gasteiger partial charge in [-0.1, -0.05) is 0 Å². The van der Waals surface area contributed by atoms with E-state index in [1.54, 1.807) is 0 Å². The molecule has 1 aromatic carbocycles. The summed E-state index contributed by atoms with van der Waals surface area (Å²) in [6, 6.07) is 5.53. The third kappa shape index (κ3) is 2.64. The van der Waals surface area contributed by atoms with Gasteiger partial charge in [0.2, 0.25) is 6.79 Å². The molecule has 0 aromatic heterocycles. The van der Waals surface area contributed by atoms with Gasteiger partial charge in [-0.2, -0.15) is 0 Å². The first kappa shape index (κ1) is 12.3. The Morgan fingerprint density at radius 1 is 1.37 bits per heavy atom. The summed E-state index contributed by atoms with van der Waals surface area (Å²) in [4.78, 5) is 10.7. The van der Waals surface area contributed by atoms with Crippen molar-refractivity contribution < 1.29 is 28.5 Å². The number of benzene rings is 1. The highest BCUT2D eigenvalue weighted by Gasteiger charge is 2.29. The average Bonchev–Trinajstić information content (AvgIpc) is 3.04. The molecule has 102 valence electrons. The molecule has 0 radical (unpaired) electrons. The van der Waals surface area contributed by atoms with E-state index in [0.717, 1.165) is 11.3 Å². The first-order valence-corrected chi connectivity index (χ1v) is 6.02. The van der Waals surface area contributed by atoms with Crippen molar-refractivity contribution in [1.29, 1.82) is 0 Å². The third-order valence-corrected chi connectivity index (χ3v) is 2.89. The highest BCUT2D eigenvalue weighted by atomic mass is 16.7. The average molecular weight is 266 g/mol. The fourth-order valence-corrected chi connectivity index (χ4v) is 1.98. The van der Waals surface area contributed by atoms with Gasteiger partial charge in [0.1, 0.15) is 12.7 Å². The van der Waals surface area contributed by atoms with Gasteiger partial charge in [-0.25, -0.2) is 0 Å². The fraction of sp³-hybridized carbons (Fsp3) is 0.462. The lowest BCUT2D eigenvalue weighted by atomic mass is 10.2. The van der Waals surface area contributed by atoms with Gasteiger partial charge in [0.05, 0.1) is 6.61 Å². The van der Waals surface area contributed by atoms with Crippen molar-refractivity contribution in [2.45, 2.75) is 19.3 Å². The molecule has 2 aliphatic heterocycles. The maximum absolute atomic E-state index is 10.7. The van der Waals surface area contributed by atoms with E-state index in [9.17, 15) is 4.79 Å². The van der Waals surface area contributed by atoms with Gasteiger partial charge in [-0.3, -0.25) is 4.79 Å². The lowest BCUT2D eigenvalue weighted by Gasteiger charge is -2.12. The summed E-state index contributed by atoms with van der Waals surface area (Å²) in [7, 11) is 0. The van der Waals surface area contributed by atoms with Crippen LogP contribution in [0, 0.1) is 0 Å². The monoisotopic (exact) mass is 266 g/mol. The molecule has 0 saturated carbocycles. The predicted octanol–water partition coefficient (Wildman–Crippen LogP) is 1.39. The van der Waals surface area contributed by atoms with Crippen LogP contribution < -0.4 is 9.47 Å². The van der Waals surface area contributed by atoms with Gasteiger partial charge in [0.25, 0.3) is 0 Å². The Morgan fingerprint density at radius 3 is 3.05 bits per heavy atom. The lowest BCUT2D eigenvalue weighted by Crippen LogP contribution is -2.19. The van der Waals surface area contributed by atoms with E-state index in [0.29, 0.717) is 12.4 Å². The van der Waals surface area contributed by atoms with E-state index in [4.69, 9.17) is 23.7 Å². The van der Waals surface area contributed by atoms with E-state index < -0.39 is 6.29 Å². The second-order valence-electron chi connectivity index (χ2n) is 4.34. The molecule has 1 aromatic rings. The van der Waals surface area contributed by atoms with E-state index >= 15 is 0 Å². The van der Waals surface area contributed by atoms with Crippen LogP contribution >= 0.6 is 0 Å². The van der Waals surface area contributed by atoms with E-state index in [-0.39, 0.29) is 25.5 Å². The first-order valence-electron chi connectivity index (χ1n) is 6.02. The Balaban J connectivity index is 1.63. The number of fused-ring (bicyclic) bond motifs is 1. The van der Waals surface area contributed by atoms with Crippen molar-refractivity contribution in [2.75, 3.05) is 20.0 Å². The molecule has 6 heteroatoms. The topological polar surface area (TPSA) is 63.2 Å². The maximum Gasteiger partial charge on any atom is 0.302 e. The van der Waals surface area contributed by atoms with Crippen LogP contribution in [0.1, 0.15) is 18.8 Å². The normalized spacial score (nSPS) is 24.5. The smallest absolute Gasteiger partial charge is 0.302 e. The Kier molecular flexibility index (Phi) is 3.27. The molecule has 2 heterocycles. The summed E-state index contributed by atoms with van der Waals surface area (Å²) in [5.41, 5.74) is 0.856. The van der Waals surface area contributed by atoms with Crippen molar-refractivity contribution in [3.05, 3.63) is 23.8 Å². The van der Waals surface area contributed by atoms with Gasteiger partial charge in [0, 0.05) is 12.5 Å². The number of carbonyl (C=O) groups excluding carboxylic acids is 1. The van der Waals surface area contributed by atoms with Crippen LogP contribution in [-0.4, -0.2) is 32.1 Å². The van der Waals surface area contributed by atoms with Crippen LogP contribution in [0.5, 0.6) is 11.5 Å². The lowest BCUT2D eigenvalue weighted by molar-refractivity contribution is -0.145. The Morgan fingerprint density at radius 2 is 2.21 bits per heavy atom. The van der Waals surface area contributed by atoms with Crippen LogP contribution in [0.3, 0.4) is 0 Å². The number of esters is 1. The Bertz CT molecular complexity index is 486. The zero-order chi connectivity index (χ0) is 13.2. The molecule has 6 nitrogen and oxygen atoms in total. The largest absolute Gasteiger partial charge is 0.463 e. The minimum absolute atomic E-state index is 0.205. The number of rotatable bonds is 3. The zero-order valence-corrected chi connectivity index (χ0v) is 10.5. The highest BCUT2D eigenvalue weighted by molar-refractivity contribution is 5.65. The number of hydrogen-bond acceptors (Lipinski definition) is 6. The summed E-state index contributed by atoms with van der Waals surface area (Å²) in [6.07, 6.45) is -0.700. The summed E-state index contributed by atoms with van der Waals surface area (Å²) in [6.45, 7) is 2.20. The quantitative estimate of drug-likeness (QED) is 0.770. The molecule has 2 atom stereocenters. The number of ether oxygens (including phenoxy) is 5.